The van der Waals surface area contributed by atoms with Gasteiger partial charge in [0.05, 0.1) is 0 Å². The van der Waals surface area contributed by atoms with Crippen LogP contribution in [0.4, 0.5) is 0 Å². The van der Waals surface area contributed by atoms with Crippen molar-refractivity contribution in [3.8, 4) is 57.1 Å². The van der Waals surface area contributed by atoms with Crippen LogP contribution < -0.4 is 0 Å². The van der Waals surface area contributed by atoms with Crippen molar-refractivity contribution >= 4 is 0 Å². The molecule has 0 aliphatic heterocycles. The van der Waals surface area contributed by atoms with Crippen molar-refractivity contribution in [1.29, 1.82) is 0 Å². The molecular weight excluding hydrogens is 464 g/mol. The van der Waals surface area contributed by atoms with Crippen LogP contribution in [-0.2, 0) is 6.42 Å². The molecule has 0 radical (unpaired) electrons. The molecule has 2 unspecified atom stereocenters. The summed E-state index contributed by atoms with van der Waals surface area (Å²) in [7, 11) is 0. The molecule has 0 aromatic heterocycles. The van der Waals surface area contributed by atoms with E-state index in [1.54, 1.807) is 6.07 Å². The van der Waals surface area contributed by atoms with Gasteiger partial charge in [-0.2, -0.15) is 0 Å². The van der Waals surface area contributed by atoms with Gasteiger partial charge in [0.2, 0.25) is 0 Å². The Hall–Kier alpha value is -4.72. The van der Waals surface area contributed by atoms with Gasteiger partial charge in [-0.1, -0.05) is 12.1 Å². The standard InChI is InChI=1S/C28H24O8/c29-15-1-3-19(23(33)9-15)13-5-14-6-17(31)11-25(35)27(14)28-22(8-18(32)12-26(28)36)21(7-13)20-4-2-16(30)10-24(20)34/h1-4,6,8-13,21,29-36H,5,7H2. The van der Waals surface area contributed by atoms with E-state index in [0.717, 1.165) is 12.1 Å². The second kappa shape index (κ2) is 8.49. The SMILES string of the molecule is Oc1ccc(C2Cc3cc(O)cc(O)c3-c3c(O)cc(O)cc3C(c3ccc(O)cc3O)C2)c(O)c1. The number of fused-ring (bicyclic) bond motifs is 3. The minimum atomic E-state index is -0.668. The van der Waals surface area contributed by atoms with Crippen LogP contribution in [0, 0.1) is 0 Å². The summed E-state index contributed by atoms with van der Waals surface area (Å²) >= 11 is 0. The summed E-state index contributed by atoms with van der Waals surface area (Å²) in [6.45, 7) is 0. The monoisotopic (exact) mass is 488 g/mol. The first-order valence-corrected chi connectivity index (χ1v) is 11.3. The van der Waals surface area contributed by atoms with Crippen LogP contribution in [0.5, 0.6) is 46.0 Å². The number of hydrogen-bond donors (Lipinski definition) is 8. The smallest absolute Gasteiger partial charge is 0.127 e. The molecule has 8 heteroatoms. The summed E-state index contributed by atoms with van der Waals surface area (Å²) < 4.78 is 0. The van der Waals surface area contributed by atoms with Crippen LogP contribution in [0.15, 0.2) is 60.7 Å². The second-order valence-electron chi connectivity index (χ2n) is 9.10. The lowest BCUT2D eigenvalue weighted by Gasteiger charge is -2.32. The largest absolute Gasteiger partial charge is 0.508 e. The van der Waals surface area contributed by atoms with E-state index in [2.05, 4.69) is 0 Å². The Labute approximate surface area is 205 Å². The van der Waals surface area contributed by atoms with E-state index in [1.807, 2.05) is 0 Å². The first-order valence-electron chi connectivity index (χ1n) is 11.3. The number of hydrogen-bond acceptors (Lipinski definition) is 8. The minimum absolute atomic E-state index is 0.120. The average Bonchev–Trinajstić information content (AvgIpc) is 2.77. The van der Waals surface area contributed by atoms with Gasteiger partial charge in [0.1, 0.15) is 46.0 Å². The fraction of sp³-hybridized carbons (Fsp3) is 0.143. The summed E-state index contributed by atoms with van der Waals surface area (Å²) in [5.74, 6) is -2.78. The minimum Gasteiger partial charge on any atom is -0.508 e. The molecule has 0 fully saturated rings. The molecule has 4 aromatic rings. The average molecular weight is 488 g/mol. The maximum absolute atomic E-state index is 10.9. The van der Waals surface area contributed by atoms with Crippen molar-refractivity contribution in [2.45, 2.75) is 24.7 Å². The molecule has 1 aliphatic rings. The molecule has 8 N–H and O–H groups in total. The maximum atomic E-state index is 10.9. The normalized spacial score (nSPS) is 17.0. The zero-order chi connectivity index (χ0) is 25.7. The topological polar surface area (TPSA) is 162 Å². The molecule has 1 aliphatic carbocycles. The Morgan fingerprint density at radius 3 is 1.61 bits per heavy atom. The van der Waals surface area contributed by atoms with Crippen molar-refractivity contribution in [2.24, 2.45) is 0 Å². The third kappa shape index (κ3) is 3.92. The quantitative estimate of drug-likeness (QED) is 0.198. The molecular formula is C28H24O8. The molecule has 0 amide bonds. The highest BCUT2D eigenvalue weighted by atomic mass is 16.3. The van der Waals surface area contributed by atoms with Crippen LogP contribution in [0.2, 0.25) is 0 Å². The van der Waals surface area contributed by atoms with Crippen LogP contribution in [0.1, 0.15) is 40.5 Å². The zero-order valence-corrected chi connectivity index (χ0v) is 18.9. The first-order chi connectivity index (χ1) is 17.1. The van der Waals surface area contributed by atoms with E-state index in [9.17, 15) is 40.9 Å². The Kier molecular flexibility index (Phi) is 5.44. The number of rotatable bonds is 2. The van der Waals surface area contributed by atoms with Gasteiger partial charge in [-0.15, -0.1) is 0 Å². The lowest BCUT2D eigenvalue weighted by atomic mass is 9.72. The van der Waals surface area contributed by atoms with Crippen molar-refractivity contribution in [3.05, 3.63) is 82.9 Å². The van der Waals surface area contributed by atoms with Crippen molar-refractivity contribution in [1.82, 2.24) is 0 Å². The molecule has 0 bridgehead atoms. The summed E-state index contributed by atoms with van der Waals surface area (Å²) in [4.78, 5) is 0. The fourth-order valence-electron chi connectivity index (χ4n) is 5.29. The molecule has 36 heavy (non-hydrogen) atoms. The molecule has 0 saturated heterocycles. The molecule has 5 rings (SSSR count). The highest BCUT2D eigenvalue weighted by Crippen LogP contribution is 2.53. The molecule has 0 heterocycles. The van der Waals surface area contributed by atoms with E-state index in [1.165, 1.54) is 42.5 Å². The van der Waals surface area contributed by atoms with Crippen LogP contribution in [-0.4, -0.2) is 40.9 Å². The van der Waals surface area contributed by atoms with Crippen LogP contribution >= 0.6 is 0 Å². The maximum Gasteiger partial charge on any atom is 0.127 e. The number of phenols is 8. The summed E-state index contributed by atoms with van der Waals surface area (Å²) in [6.07, 6.45) is 0.465. The van der Waals surface area contributed by atoms with Crippen molar-refractivity contribution < 1.29 is 40.9 Å². The van der Waals surface area contributed by atoms with Gasteiger partial charge >= 0.3 is 0 Å². The molecule has 2 atom stereocenters. The van der Waals surface area contributed by atoms with Gasteiger partial charge < -0.3 is 40.9 Å². The van der Waals surface area contributed by atoms with Gasteiger partial charge in [-0.3, -0.25) is 0 Å². The number of aromatic hydroxyl groups is 8. The van der Waals surface area contributed by atoms with Gasteiger partial charge in [0, 0.05) is 46.9 Å². The van der Waals surface area contributed by atoms with Gasteiger partial charge in [-0.05, 0) is 59.7 Å². The zero-order valence-electron chi connectivity index (χ0n) is 18.9. The predicted octanol–water partition coefficient (Wildman–Crippen LogP) is 4.86. The third-order valence-corrected chi connectivity index (χ3v) is 6.77. The van der Waals surface area contributed by atoms with Crippen molar-refractivity contribution in [3.63, 3.8) is 0 Å². The van der Waals surface area contributed by atoms with E-state index >= 15 is 0 Å². The summed E-state index contributed by atoms with van der Waals surface area (Å²) in [5, 5.41) is 83.5. The van der Waals surface area contributed by atoms with E-state index in [0.29, 0.717) is 22.3 Å². The summed E-state index contributed by atoms with van der Waals surface area (Å²) in [5.41, 5.74) is 2.22. The second-order valence-corrected chi connectivity index (χ2v) is 9.10. The van der Waals surface area contributed by atoms with Gasteiger partial charge in [0.25, 0.3) is 0 Å². The molecule has 0 saturated carbocycles. The lowest BCUT2D eigenvalue weighted by Crippen LogP contribution is -2.15. The van der Waals surface area contributed by atoms with E-state index in [4.69, 9.17) is 0 Å². The van der Waals surface area contributed by atoms with Crippen molar-refractivity contribution in [2.75, 3.05) is 0 Å². The molecule has 0 spiro atoms. The lowest BCUT2D eigenvalue weighted by molar-refractivity contribution is 0.425. The molecule has 4 aromatic carbocycles. The number of benzene rings is 4. The first kappa shape index (κ1) is 23.0. The Morgan fingerprint density at radius 2 is 1.00 bits per heavy atom. The van der Waals surface area contributed by atoms with Crippen LogP contribution in [0.3, 0.4) is 0 Å². The predicted molar refractivity (Wildman–Crippen MR) is 131 cm³/mol. The third-order valence-electron chi connectivity index (χ3n) is 6.77. The molecule has 8 nitrogen and oxygen atoms in total. The Balaban J connectivity index is 1.84. The fourth-order valence-corrected chi connectivity index (χ4v) is 5.29. The van der Waals surface area contributed by atoms with E-state index < -0.39 is 11.8 Å². The highest BCUT2D eigenvalue weighted by molar-refractivity contribution is 5.84. The Bertz CT molecular complexity index is 1490. The highest BCUT2D eigenvalue weighted by Gasteiger charge is 2.34. The number of phenolic OH excluding ortho intramolecular Hbond substituents is 8. The Morgan fingerprint density at radius 1 is 0.472 bits per heavy atom. The van der Waals surface area contributed by atoms with Crippen LogP contribution in [0.25, 0.3) is 11.1 Å². The molecule has 184 valence electrons. The van der Waals surface area contributed by atoms with Gasteiger partial charge in [-0.25, -0.2) is 0 Å². The summed E-state index contributed by atoms with van der Waals surface area (Å²) in [6, 6.07) is 13.6. The van der Waals surface area contributed by atoms with Gasteiger partial charge in [0.15, 0.2) is 0 Å². The van der Waals surface area contributed by atoms with E-state index in [-0.39, 0.29) is 70.0 Å².